The Morgan fingerprint density at radius 1 is 1.24 bits per heavy atom. The van der Waals surface area contributed by atoms with Gasteiger partial charge in [0, 0.05) is 5.56 Å². The Kier molecular flexibility index (Phi) is 4.66. The van der Waals surface area contributed by atoms with E-state index in [1.165, 1.54) is 6.20 Å². The molecule has 0 saturated heterocycles. The van der Waals surface area contributed by atoms with Crippen molar-refractivity contribution in [2.45, 2.75) is 19.9 Å². The first-order valence-electron chi connectivity index (χ1n) is 6.29. The van der Waals surface area contributed by atoms with E-state index in [1.807, 2.05) is 19.1 Å². The summed E-state index contributed by atoms with van der Waals surface area (Å²) in [6.07, 6.45) is 1.36. The maximum atomic E-state index is 12.1. The normalized spacial score (nSPS) is 11.8. The minimum absolute atomic E-state index is 0.203. The molecule has 0 aliphatic carbocycles. The second-order valence-corrected chi connectivity index (χ2v) is 5.63. The van der Waals surface area contributed by atoms with E-state index in [1.54, 1.807) is 24.5 Å². The molecule has 1 atom stereocenters. The first kappa shape index (κ1) is 15.1. The van der Waals surface area contributed by atoms with E-state index in [2.05, 4.69) is 10.3 Å². The maximum Gasteiger partial charge on any atom is 0.286 e. The van der Waals surface area contributed by atoms with Gasteiger partial charge in [-0.2, -0.15) is 0 Å². The highest BCUT2D eigenvalue weighted by Gasteiger charge is 2.16. The van der Waals surface area contributed by atoms with Gasteiger partial charge in [-0.15, -0.1) is 11.3 Å². The van der Waals surface area contributed by atoms with E-state index < -0.39 is 5.91 Å². The molecule has 2 aromatic rings. The van der Waals surface area contributed by atoms with Crippen LogP contribution in [-0.2, 0) is 0 Å². The maximum absolute atomic E-state index is 12.1. The molecule has 1 unspecified atom stereocenters. The van der Waals surface area contributed by atoms with Crippen LogP contribution in [0.15, 0.2) is 30.5 Å². The summed E-state index contributed by atoms with van der Waals surface area (Å²) in [4.78, 5) is 27.7. The topological polar surface area (TPSA) is 91.3 Å². The van der Waals surface area contributed by atoms with E-state index >= 15 is 0 Å². The third-order valence-electron chi connectivity index (χ3n) is 2.88. The zero-order chi connectivity index (χ0) is 15.4. The Balaban J connectivity index is 2.05. The van der Waals surface area contributed by atoms with E-state index in [0.717, 1.165) is 16.9 Å². The molecule has 0 aliphatic heterocycles. The van der Waals surface area contributed by atoms with Crippen molar-refractivity contribution in [2.75, 3.05) is 0 Å². The second-order valence-electron chi connectivity index (χ2n) is 4.56. The molecule has 3 N–H and O–H groups in total. The predicted octanol–water partition coefficient (Wildman–Crippen LogP) is 2.06. The zero-order valence-corrected chi connectivity index (χ0v) is 12.4. The summed E-state index contributed by atoms with van der Waals surface area (Å²) in [5.74, 6) is -0.818. The fourth-order valence-electron chi connectivity index (χ4n) is 1.69. The molecule has 1 aromatic heterocycles. The van der Waals surface area contributed by atoms with Crippen molar-refractivity contribution in [3.05, 3.63) is 51.5 Å². The van der Waals surface area contributed by atoms with Crippen molar-refractivity contribution >= 4 is 23.2 Å². The lowest BCUT2D eigenvalue weighted by atomic mass is 10.1. The highest BCUT2D eigenvalue weighted by atomic mass is 32.1. The average molecular weight is 305 g/mol. The predicted molar refractivity (Wildman–Crippen MR) is 78.4 cm³/mol. The van der Waals surface area contributed by atoms with E-state index in [4.69, 9.17) is 5.21 Å². The van der Waals surface area contributed by atoms with Crippen LogP contribution in [0.4, 0.5) is 0 Å². The van der Waals surface area contributed by atoms with Gasteiger partial charge in [0.15, 0.2) is 0 Å². The number of nitrogens with one attached hydrogen (secondary N) is 2. The van der Waals surface area contributed by atoms with Crippen LogP contribution in [0.2, 0.25) is 0 Å². The van der Waals surface area contributed by atoms with Gasteiger partial charge in [-0.05, 0) is 26.0 Å². The van der Waals surface area contributed by atoms with Crippen molar-refractivity contribution in [1.29, 1.82) is 0 Å². The largest absolute Gasteiger partial charge is 0.343 e. The number of rotatable bonds is 4. The zero-order valence-electron chi connectivity index (χ0n) is 11.6. The molecule has 1 heterocycles. The van der Waals surface area contributed by atoms with Crippen LogP contribution in [0.3, 0.4) is 0 Å². The smallest absolute Gasteiger partial charge is 0.286 e. The van der Waals surface area contributed by atoms with Gasteiger partial charge in [-0.3, -0.25) is 14.8 Å². The van der Waals surface area contributed by atoms with E-state index in [0.29, 0.717) is 10.6 Å². The number of aromatic nitrogens is 1. The third-order valence-corrected chi connectivity index (χ3v) is 4.06. The number of aryl methyl sites for hydroxylation is 1. The molecule has 0 bridgehead atoms. The van der Waals surface area contributed by atoms with Gasteiger partial charge in [0.2, 0.25) is 0 Å². The highest BCUT2D eigenvalue weighted by molar-refractivity contribution is 7.13. The van der Waals surface area contributed by atoms with Crippen molar-refractivity contribution in [1.82, 2.24) is 15.8 Å². The molecule has 110 valence electrons. The minimum Gasteiger partial charge on any atom is -0.343 e. The standard InChI is InChI=1S/C14H15N3O3S/c1-8-3-5-10(6-4-8)12(18)16-9(2)14-15-7-11(21-14)13(19)17-20/h3-7,9,20H,1-2H3,(H,16,18)(H,17,19). The molecule has 0 radical (unpaired) electrons. The van der Waals surface area contributed by atoms with Gasteiger partial charge in [0.05, 0.1) is 12.2 Å². The number of nitrogens with zero attached hydrogens (tertiary/aromatic N) is 1. The number of amides is 2. The molecule has 1 aromatic carbocycles. The molecule has 0 spiro atoms. The second kappa shape index (κ2) is 6.47. The number of carbonyl (C=O) groups is 2. The van der Waals surface area contributed by atoms with Crippen molar-refractivity contribution in [2.24, 2.45) is 0 Å². The number of carbonyl (C=O) groups excluding carboxylic acids is 2. The Hall–Kier alpha value is -2.25. The van der Waals surface area contributed by atoms with Gasteiger partial charge in [-0.1, -0.05) is 17.7 Å². The van der Waals surface area contributed by atoms with E-state index in [9.17, 15) is 9.59 Å². The van der Waals surface area contributed by atoms with Gasteiger partial charge in [-0.25, -0.2) is 10.5 Å². The van der Waals surface area contributed by atoms with Crippen LogP contribution in [0.25, 0.3) is 0 Å². The third kappa shape index (κ3) is 3.65. The van der Waals surface area contributed by atoms with Crippen LogP contribution < -0.4 is 10.8 Å². The molecule has 0 aliphatic rings. The van der Waals surface area contributed by atoms with Gasteiger partial charge < -0.3 is 5.32 Å². The molecular formula is C14H15N3O3S. The molecule has 6 nitrogen and oxygen atoms in total. The van der Waals surface area contributed by atoms with Crippen LogP contribution >= 0.6 is 11.3 Å². The molecule has 0 fully saturated rings. The van der Waals surface area contributed by atoms with Gasteiger partial charge in [0.25, 0.3) is 11.8 Å². The Morgan fingerprint density at radius 3 is 2.52 bits per heavy atom. The number of thiazole rings is 1. The SMILES string of the molecule is Cc1ccc(C(=O)NC(C)c2ncc(C(=O)NO)s2)cc1. The molecular weight excluding hydrogens is 290 g/mol. The molecule has 21 heavy (non-hydrogen) atoms. The lowest BCUT2D eigenvalue weighted by Gasteiger charge is -2.11. The number of hydroxylamine groups is 1. The lowest BCUT2D eigenvalue weighted by Crippen LogP contribution is -2.26. The van der Waals surface area contributed by atoms with E-state index in [-0.39, 0.29) is 16.8 Å². The molecule has 2 amide bonds. The quantitative estimate of drug-likeness (QED) is 0.595. The van der Waals surface area contributed by atoms with Crippen molar-refractivity contribution < 1.29 is 14.8 Å². The summed E-state index contributed by atoms with van der Waals surface area (Å²) >= 11 is 1.12. The minimum atomic E-state index is -0.615. The van der Waals surface area contributed by atoms with Crippen molar-refractivity contribution in [3.8, 4) is 0 Å². The summed E-state index contributed by atoms with van der Waals surface area (Å²) in [5, 5.41) is 12.0. The van der Waals surface area contributed by atoms with Crippen LogP contribution in [-0.4, -0.2) is 22.0 Å². The van der Waals surface area contributed by atoms with Gasteiger partial charge >= 0.3 is 0 Å². The highest BCUT2D eigenvalue weighted by Crippen LogP contribution is 2.20. The van der Waals surface area contributed by atoms with Gasteiger partial charge in [0.1, 0.15) is 9.88 Å². The average Bonchev–Trinajstić information content (AvgIpc) is 2.97. The van der Waals surface area contributed by atoms with Crippen molar-refractivity contribution in [3.63, 3.8) is 0 Å². The molecule has 7 heteroatoms. The Labute approximate surface area is 125 Å². The van der Waals surface area contributed by atoms with Crippen LogP contribution in [0.1, 0.15) is 43.6 Å². The fourth-order valence-corrected chi connectivity index (χ4v) is 2.50. The van der Waals surface area contributed by atoms with Crippen LogP contribution in [0, 0.1) is 6.92 Å². The number of hydrogen-bond donors (Lipinski definition) is 3. The van der Waals surface area contributed by atoms with Crippen LogP contribution in [0.5, 0.6) is 0 Å². The summed E-state index contributed by atoms with van der Waals surface area (Å²) in [6.45, 7) is 3.74. The fraction of sp³-hybridized carbons (Fsp3) is 0.214. The first-order valence-corrected chi connectivity index (χ1v) is 7.10. The monoisotopic (exact) mass is 305 g/mol. The Morgan fingerprint density at radius 2 is 1.90 bits per heavy atom. The lowest BCUT2D eigenvalue weighted by molar-refractivity contribution is 0.0710. The molecule has 0 saturated carbocycles. The molecule has 2 rings (SSSR count). The Bertz CT molecular complexity index is 652. The number of hydrogen-bond acceptors (Lipinski definition) is 5. The summed E-state index contributed by atoms with van der Waals surface area (Å²) in [7, 11) is 0. The number of benzene rings is 1. The summed E-state index contributed by atoms with van der Waals surface area (Å²) in [6, 6.07) is 6.91. The first-order chi connectivity index (χ1) is 10.0. The summed E-state index contributed by atoms with van der Waals surface area (Å²) < 4.78 is 0. The summed E-state index contributed by atoms with van der Waals surface area (Å²) in [5.41, 5.74) is 3.20.